The van der Waals surface area contributed by atoms with E-state index in [1.54, 1.807) is 24.3 Å². The summed E-state index contributed by atoms with van der Waals surface area (Å²) in [6.07, 6.45) is 0. The number of aromatic nitrogens is 1. The van der Waals surface area contributed by atoms with E-state index in [1.807, 2.05) is 31.2 Å². The molecule has 3 aromatic rings. The largest absolute Gasteiger partial charge is 0.493 e. The molecule has 0 aliphatic rings. The number of carbonyl (C=O) groups excluding carboxylic acids is 2. The van der Waals surface area contributed by atoms with E-state index in [0.717, 1.165) is 21.9 Å². The molecule has 0 radical (unpaired) electrons. The molecule has 3 rings (SSSR count). The molecule has 0 aliphatic carbocycles. The first-order chi connectivity index (χ1) is 15.0. The summed E-state index contributed by atoms with van der Waals surface area (Å²) >= 11 is 1.51. The second-order valence-electron chi connectivity index (χ2n) is 6.64. The highest BCUT2D eigenvalue weighted by atomic mass is 32.2. The SMILES string of the molecule is COc1cc(CNC(=O)c2ccccc2SCc2cc(C)no2)ccc1OCC(N)=O. The molecule has 0 unspecified atom stereocenters. The van der Waals surface area contributed by atoms with Crippen molar-refractivity contribution in [3.05, 3.63) is 71.1 Å². The summed E-state index contributed by atoms with van der Waals surface area (Å²) in [5.41, 5.74) is 7.32. The normalized spacial score (nSPS) is 10.5. The third-order valence-electron chi connectivity index (χ3n) is 4.23. The molecule has 0 aliphatic heterocycles. The number of methoxy groups -OCH3 is 1. The van der Waals surface area contributed by atoms with Gasteiger partial charge in [0.25, 0.3) is 11.8 Å². The lowest BCUT2D eigenvalue weighted by atomic mass is 10.1. The highest BCUT2D eigenvalue weighted by molar-refractivity contribution is 7.98. The lowest BCUT2D eigenvalue weighted by Gasteiger charge is -2.12. The summed E-state index contributed by atoms with van der Waals surface area (Å²) in [5.74, 6) is 1.42. The summed E-state index contributed by atoms with van der Waals surface area (Å²) in [6.45, 7) is 1.92. The third kappa shape index (κ3) is 6.26. The van der Waals surface area contributed by atoms with Crippen LogP contribution in [0.5, 0.6) is 11.5 Å². The summed E-state index contributed by atoms with van der Waals surface area (Å²) in [7, 11) is 1.50. The molecule has 0 spiro atoms. The van der Waals surface area contributed by atoms with Crippen LogP contribution >= 0.6 is 11.8 Å². The molecule has 31 heavy (non-hydrogen) atoms. The number of carbonyl (C=O) groups is 2. The maximum absolute atomic E-state index is 12.8. The van der Waals surface area contributed by atoms with E-state index in [4.69, 9.17) is 19.7 Å². The van der Waals surface area contributed by atoms with E-state index in [-0.39, 0.29) is 12.5 Å². The van der Waals surface area contributed by atoms with Crippen LogP contribution in [0.15, 0.2) is 57.9 Å². The van der Waals surface area contributed by atoms with Gasteiger partial charge in [0.2, 0.25) is 0 Å². The van der Waals surface area contributed by atoms with Gasteiger partial charge in [-0.3, -0.25) is 9.59 Å². The molecule has 0 saturated carbocycles. The smallest absolute Gasteiger partial charge is 0.255 e. The molecule has 162 valence electrons. The summed E-state index contributed by atoms with van der Waals surface area (Å²) in [4.78, 5) is 24.5. The number of rotatable bonds is 10. The minimum Gasteiger partial charge on any atom is -0.493 e. The number of nitrogens with one attached hydrogen (secondary N) is 1. The molecule has 0 saturated heterocycles. The number of hydrogen-bond acceptors (Lipinski definition) is 7. The number of hydrogen-bond donors (Lipinski definition) is 2. The van der Waals surface area contributed by atoms with E-state index >= 15 is 0 Å². The predicted octanol–water partition coefficient (Wildman–Crippen LogP) is 3.08. The average Bonchev–Trinajstić information content (AvgIpc) is 3.20. The number of aryl methyl sites for hydroxylation is 1. The lowest BCUT2D eigenvalue weighted by molar-refractivity contribution is -0.119. The van der Waals surface area contributed by atoms with Crippen LogP contribution < -0.4 is 20.5 Å². The highest BCUT2D eigenvalue weighted by Gasteiger charge is 2.13. The van der Waals surface area contributed by atoms with Crippen LogP contribution in [0.3, 0.4) is 0 Å². The van der Waals surface area contributed by atoms with Crippen molar-refractivity contribution in [1.82, 2.24) is 10.5 Å². The third-order valence-corrected chi connectivity index (χ3v) is 5.33. The molecule has 3 N–H and O–H groups in total. The first-order valence-corrected chi connectivity index (χ1v) is 10.4. The van der Waals surface area contributed by atoms with Crippen LogP contribution in [0.4, 0.5) is 0 Å². The Bertz CT molecular complexity index is 1070. The fraction of sp³-hybridized carbons (Fsp3) is 0.227. The van der Waals surface area contributed by atoms with Gasteiger partial charge in [0.15, 0.2) is 18.1 Å². The average molecular weight is 442 g/mol. The lowest BCUT2D eigenvalue weighted by Crippen LogP contribution is -2.23. The molecular weight excluding hydrogens is 418 g/mol. The minimum absolute atomic E-state index is 0.190. The Morgan fingerprint density at radius 3 is 2.68 bits per heavy atom. The predicted molar refractivity (Wildman–Crippen MR) is 116 cm³/mol. The Morgan fingerprint density at radius 1 is 1.16 bits per heavy atom. The van der Waals surface area contributed by atoms with Crippen molar-refractivity contribution >= 4 is 23.6 Å². The summed E-state index contributed by atoms with van der Waals surface area (Å²) in [5, 5.41) is 6.80. The van der Waals surface area contributed by atoms with E-state index in [0.29, 0.717) is 29.4 Å². The van der Waals surface area contributed by atoms with Gasteiger partial charge in [0, 0.05) is 17.5 Å². The van der Waals surface area contributed by atoms with Crippen molar-refractivity contribution in [3.8, 4) is 11.5 Å². The Morgan fingerprint density at radius 2 is 1.97 bits per heavy atom. The van der Waals surface area contributed by atoms with Crippen molar-refractivity contribution in [3.63, 3.8) is 0 Å². The first-order valence-electron chi connectivity index (χ1n) is 9.46. The van der Waals surface area contributed by atoms with Crippen LogP contribution in [0.2, 0.25) is 0 Å². The maximum Gasteiger partial charge on any atom is 0.255 e. The maximum atomic E-state index is 12.8. The van der Waals surface area contributed by atoms with Crippen LogP contribution in [0, 0.1) is 6.92 Å². The van der Waals surface area contributed by atoms with Gasteiger partial charge in [-0.15, -0.1) is 11.8 Å². The van der Waals surface area contributed by atoms with Crippen LogP contribution in [0.25, 0.3) is 0 Å². The molecule has 9 heteroatoms. The van der Waals surface area contributed by atoms with Gasteiger partial charge in [0.1, 0.15) is 5.76 Å². The van der Waals surface area contributed by atoms with Crippen LogP contribution in [0.1, 0.15) is 27.4 Å². The van der Waals surface area contributed by atoms with Crippen molar-refractivity contribution in [2.75, 3.05) is 13.7 Å². The van der Waals surface area contributed by atoms with Crippen molar-refractivity contribution in [2.45, 2.75) is 24.1 Å². The molecule has 0 atom stereocenters. The quantitative estimate of drug-likeness (QED) is 0.464. The molecule has 0 fully saturated rings. The number of nitrogens with two attached hydrogens (primary N) is 1. The Kier molecular flexibility index (Phi) is 7.55. The van der Waals surface area contributed by atoms with E-state index in [2.05, 4.69) is 10.5 Å². The zero-order valence-corrected chi connectivity index (χ0v) is 18.0. The molecule has 1 heterocycles. The first kappa shape index (κ1) is 22.2. The van der Waals surface area contributed by atoms with E-state index in [9.17, 15) is 9.59 Å². The van der Waals surface area contributed by atoms with Gasteiger partial charge in [-0.05, 0) is 36.8 Å². The minimum atomic E-state index is -0.576. The second-order valence-corrected chi connectivity index (χ2v) is 7.66. The van der Waals surface area contributed by atoms with Gasteiger partial charge < -0.3 is 25.0 Å². The molecule has 2 aromatic carbocycles. The number of amides is 2. The topological polar surface area (TPSA) is 117 Å². The molecule has 0 bridgehead atoms. The van der Waals surface area contributed by atoms with Crippen molar-refractivity contribution < 1.29 is 23.6 Å². The Balaban J connectivity index is 1.63. The Labute approximate surface area is 184 Å². The van der Waals surface area contributed by atoms with Crippen molar-refractivity contribution in [1.29, 1.82) is 0 Å². The molecule has 8 nitrogen and oxygen atoms in total. The van der Waals surface area contributed by atoms with Gasteiger partial charge in [-0.25, -0.2) is 0 Å². The summed E-state index contributed by atoms with van der Waals surface area (Å²) < 4.78 is 15.9. The van der Waals surface area contributed by atoms with Crippen molar-refractivity contribution in [2.24, 2.45) is 5.73 Å². The number of primary amides is 1. The van der Waals surface area contributed by atoms with Gasteiger partial charge in [0.05, 0.1) is 24.1 Å². The Hall–Kier alpha value is -3.46. The monoisotopic (exact) mass is 441 g/mol. The zero-order valence-electron chi connectivity index (χ0n) is 17.2. The van der Waals surface area contributed by atoms with Crippen LogP contribution in [-0.2, 0) is 17.1 Å². The van der Waals surface area contributed by atoms with Gasteiger partial charge in [-0.2, -0.15) is 0 Å². The fourth-order valence-corrected chi connectivity index (χ4v) is 3.71. The molecular formula is C22H23N3O5S. The highest BCUT2D eigenvalue weighted by Crippen LogP contribution is 2.29. The number of ether oxygens (including phenoxy) is 2. The molecule has 1 aromatic heterocycles. The van der Waals surface area contributed by atoms with E-state index in [1.165, 1.54) is 18.9 Å². The molecule has 2 amide bonds. The van der Waals surface area contributed by atoms with E-state index < -0.39 is 5.91 Å². The summed E-state index contributed by atoms with van der Waals surface area (Å²) in [6, 6.07) is 14.5. The number of benzene rings is 2. The zero-order chi connectivity index (χ0) is 22.2. The van der Waals surface area contributed by atoms with Gasteiger partial charge >= 0.3 is 0 Å². The van der Waals surface area contributed by atoms with Crippen LogP contribution in [-0.4, -0.2) is 30.7 Å². The fourth-order valence-electron chi connectivity index (χ4n) is 2.78. The standard InChI is InChI=1S/C22H23N3O5S/c1-14-9-16(30-25-14)13-31-20-6-4-3-5-17(20)22(27)24-11-15-7-8-18(19(10-15)28-2)29-12-21(23)26/h3-10H,11-13H2,1-2H3,(H2,23,26)(H,24,27). The number of thioether (sulfide) groups is 1. The van der Waals surface area contributed by atoms with Gasteiger partial charge in [-0.1, -0.05) is 23.4 Å². The number of nitrogens with zero attached hydrogens (tertiary/aromatic N) is 1. The second kappa shape index (κ2) is 10.5.